The van der Waals surface area contributed by atoms with Gasteiger partial charge in [0.05, 0.1) is 10.6 Å². The van der Waals surface area contributed by atoms with Gasteiger partial charge in [-0.05, 0) is 80.6 Å². The molecule has 0 aliphatic heterocycles. The van der Waals surface area contributed by atoms with Gasteiger partial charge in [0.1, 0.15) is 12.6 Å². The standard InChI is InChI=1S/C32H38ClN3O4S/c1-4-30(32(38)34-27-9-5-6-10-27)35(21-25-14-12-23(2)13-15-25)31(37)22-36(28-11-7-8-24(3)20-28)41(39,40)29-18-16-26(33)17-19-29/h7-8,11-20,27,30H,4-6,9-10,21-22H2,1-3H3,(H,34,38)/t30-/m0/s1. The van der Waals surface area contributed by atoms with E-state index in [1.807, 2.05) is 51.1 Å². The van der Waals surface area contributed by atoms with Crippen LogP contribution >= 0.6 is 11.6 Å². The number of sulfonamides is 1. The fraction of sp³-hybridized carbons (Fsp3) is 0.375. The van der Waals surface area contributed by atoms with E-state index >= 15 is 0 Å². The van der Waals surface area contributed by atoms with Crippen LogP contribution in [0, 0.1) is 13.8 Å². The Balaban J connectivity index is 1.71. The van der Waals surface area contributed by atoms with Gasteiger partial charge in [0.25, 0.3) is 10.0 Å². The molecule has 1 aliphatic carbocycles. The average molecular weight is 596 g/mol. The number of amides is 2. The SMILES string of the molecule is CC[C@@H](C(=O)NC1CCCC1)N(Cc1ccc(C)cc1)C(=O)CN(c1cccc(C)c1)S(=O)(=O)c1ccc(Cl)cc1. The maximum atomic E-state index is 14.2. The van der Waals surface area contributed by atoms with Crippen molar-refractivity contribution in [3.8, 4) is 0 Å². The van der Waals surface area contributed by atoms with Crippen molar-refractivity contribution in [2.24, 2.45) is 0 Å². The molecule has 7 nitrogen and oxygen atoms in total. The smallest absolute Gasteiger partial charge is 0.264 e. The van der Waals surface area contributed by atoms with E-state index in [2.05, 4.69) is 5.32 Å². The molecule has 0 unspecified atom stereocenters. The first-order valence-corrected chi connectivity index (χ1v) is 15.9. The van der Waals surface area contributed by atoms with Crippen LogP contribution in [0.2, 0.25) is 5.02 Å². The van der Waals surface area contributed by atoms with E-state index in [1.54, 1.807) is 18.2 Å². The Bertz CT molecular complexity index is 1450. The van der Waals surface area contributed by atoms with Crippen molar-refractivity contribution in [1.29, 1.82) is 0 Å². The predicted octanol–water partition coefficient (Wildman–Crippen LogP) is 6.02. The summed E-state index contributed by atoms with van der Waals surface area (Å²) in [5.74, 6) is -0.666. The zero-order valence-corrected chi connectivity index (χ0v) is 25.4. The van der Waals surface area contributed by atoms with Crippen LogP contribution in [0.5, 0.6) is 0 Å². The molecule has 0 saturated heterocycles. The summed E-state index contributed by atoms with van der Waals surface area (Å²) in [4.78, 5) is 29.2. The van der Waals surface area contributed by atoms with E-state index in [0.29, 0.717) is 17.1 Å². The molecule has 1 atom stereocenters. The highest BCUT2D eigenvalue weighted by Gasteiger charge is 2.34. The van der Waals surface area contributed by atoms with Crippen molar-refractivity contribution in [3.05, 3.63) is 94.5 Å². The van der Waals surface area contributed by atoms with E-state index in [9.17, 15) is 18.0 Å². The molecule has 0 heterocycles. The molecule has 1 saturated carbocycles. The Morgan fingerprint density at radius 3 is 2.22 bits per heavy atom. The number of hydrogen-bond acceptors (Lipinski definition) is 4. The average Bonchev–Trinajstić information content (AvgIpc) is 3.45. The minimum absolute atomic E-state index is 0.0207. The van der Waals surface area contributed by atoms with Crippen molar-refractivity contribution in [2.75, 3.05) is 10.8 Å². The minimum Gasteiger partial charge on any atom is -0.352 e. The Morgan fingerprint density at radius 2 is 1.61 bits per heavy atom. The monoisotopic (exact) mass is 595 g/mol. The van der Waals surface area contributed by atoms with Crippen molar-refractivity contribution in [3.63, 3.8) is 0 Å². The van der Waals surface area contributed by atoms with Crippen LogP contribution in [-0.2, 0) is 26.2 Å². The molecular weight excluding hydrogens is 558 g/mol. The third-order valence-electron chi connectivity index (χ3n) is 7.53. The lowest BCUT2D eigenvalue weighted by atomic mass is 10.1. The predicted molar refractivity (Wildman–Crippen MR) is 163 cm³/mol. The molecule has 218 valence electrons. The lowest BCUT2D eigenvalue weighted by molar-refractivity contribution is -0.140. The Labute approximate surface area is 248 Å². The van der Waals surface area contributed by atoms with Crippen LogP contribution in [-0.4, -0.2) is 43.8 Å². The molecule has 4 rings (SSSR count). The van der Waals surface area contributed by atoms with E-state index in [4.69, 9.17) is 11.6 Å². The molecule has 2 amide bonds. The topological polar surface area (TPSA) is 86.8 Å². The first-order valence-electron chi connectivity index (χ1n) is 14.1. The summed E-state index contributed by atoms with van der Waals surface area (Å²) >= 11 is 6.03. The highest BCUT2D eigenvalue weighted by Crippen LogP contribution is 2.27. The molecule has 1 fully saturated rings. The fourth-order valence-electron chi connectivity index (χ4n) is 5.22. The van der Waals surface area contributed by atoms with Gasteiger partial charge in [0.15, 0.2) is 0 Å². The summed E-state index contributed by atoms with van der Waals surface area (Å²) in [6, 6.07) is 20.0. The van der Waals surface area contributed by atoms with E-state index < -0.39 is 28.5 Å². The zero-order chi connectivity index (χ0) is 29.6. The number of aryl methyl sites for hydroxylation is 2. The fourth-order valence-corrected chi connectivity index (χ4v) is 6.75. The van der Waals surface area contributed by atoms with Gasteiger partial charge in [0.2, 0.25) is 11.8 Å². The van der Waals surface area contributed by atoms with Crippen molar-refractivity contribution in [1.82, 2.24) is 10.2 Å². The molecule has 41 heavy (non-hydrogen) atoms. The number of carbonyl (C=O) groups is 2. The van der Waals surface area contributed by atoms with Gasteiger partial charge in [-0.25, -0.2) is 8.42 Å². The van der Waals surface area contributed by atoms with Gasteiger partial charge in [-0.3, -0.25) is 13.9 Å². The summed E-state index contributed by atoms with van der Waals surface area (Å²) in [7, 11) is -4.14. The Kier molecular flexibility index (Phi) is 10.1. The van der Waals surface area contributed by atoms with Crippen LogP contribution in [0.15, 0.2) is 77.7 Å². The third kappa shape index (κ3) is 7.68. The van der Waals surface area contributed by atoms with Crippen molar-refractivity contribution < 1.29 is 18.0 Å². The molecule has 0 aromatic heterocycles. The van der Waals surface area contributed by atoms with E-state index in [-0.39, 0.29) is 23.4 Å². The summed E-state index contributed by atoms with van der Waals surface area (Å²) in [6.45, 7) is 5.43. The first kappa shape index (κ1) is 30.6. The maximum Gasteiger partial charge on any atom is 0.264 e. The highest BCUT2D eigenvalue weighted by atomic mass is 35.5. The first-order chi connectivity index (χ1) is 19.6. The molecule has 3 aromatic carbocycles. The van der Waals surface area contributed by atoms with Crippen molar-refractivity contribution in [2.45, 2.75) is 76.4 Å². The second-order valence-electron chi connectivity index (χ2n) is 10.7. The molecular formula is C32H38ClN3O4S. The van der Waals surface area contributed by atoms with Gasteiger partial charge < -0.3 is 10.2 Å². The number of carbonyl (C=O) groups excluding carboxylic acids is 2. The molecule has 9 heteroatoms. The Hall–Kier alpha value is -3.36. The maximum absolute atomic E-state index is 14.2. The van der Waals surface area contributed by atoms with Gasteiger partial charge in [-0.15, -0.1) is 0 Å². The molecule has 0 bridgehead atoms. The van der Waals surface area contributed by atoms with Crippen molar-refractivity contribution >= 4 is 39.1 Å². The summed E-state index contributed by atoms with van der Waals surface area (Å²) < 4.78 is 29.0. The van der Waals surface area contributed by atoms with Gasteiger partial charge in [-0.1, -0.05) is 73.3 Å². The summed E-state index contributed by atoms with van der Waals surface area (Å²) in [5, 5.41) is 3.54. The number of anilines is 1. The molecule has 0 spiro atoms. The minimum atomic E-state index is -4.14. The second kappa shape index (κ2) is 13.5. The largest absolute Gasteiger partial charge is 0.352 e. The van der Waals surface area contributed by atoms with Gasteiger partial charge in [0, 0.05) is 17.6 Å². The molecule has 0 radical (unpaired) electrons. The van der Waals surface area contributed by atoms with Crippen LogP contribution in [0.1, 0.15) is 55.7 Å². The summed E-state index contributed by atoms with van der Waals surface area (Å²) in [5.41, 5.74) is 3.16. The molecule has 1 aliphatic rings. The number of rotatable bonds is 11. The summed E-state index contributed by atoms with van der Waals surface area (Å²) in [6.07, 6.45) is 4.39. The molecule has 3 aromatic rings. The zero-order valence-electron chi connectivity index (χ0n) is 23.8. The number of nitrogens with zero attached hydrogens (tertiary/aromatic N) is 2. The second-order valence-corrected chi connectivity index (χ2v) is 13.0. The van der Waals surface area contributed by atoms with E-state index in [1.165, 1.54) is 29.2 Å². The van der Waals surface area contributed by atoms with Crippen LogP contribution in [0.25, 0.3) is 0 Å². The normalized spacial score (nSPS) is 14.4. The quantitative estimate of drug-likeness (QED) is 0.294. The van der Waals surface area contributed by atoms with Crippen LogP contribution in [0.3, 0.4) is 0 Å². The van der Waals surface area contributed by atoms with Gasteiger partial charge in [-0.2, -0.15) is 0 Å². The number of halogens is 1. The van der Waals surface area contributed by atoms with E-state index in [0.717, 1.165) is 46.7 Å². The number of nitrogens with one attached hydrogen (secondary N) is 1. The third-order valence-corrected chi connectivity index (χ3v) is 9.57. The lowest BCUT2D eigenvalue weighted by Gasteiger charge is -2.34. The van der Waals surface area contributed by atoms with Crippen LogP contribution < -0.4 is 9.62 Å². The van der Waals surface area contributed by atoms with Gasteiger partial charge >= 0.3 is 0 Å². The number of hydrogen-bond donors (Lipinski definition) is 1. The number of benzene rings is 3. The lowest BCUT2D eigenvalue weighted by Crippen LogP contribution is -2.53. The highest BCUT2D eigenvalue weighted by molar-refractivity contribution is 7.92. The molecule has 1 N–H and O–H groups in total. The van der Waals surface area contributed by atoms with Crippen LogP contribution in [0.4, 0.5) is 5.69 Å². The Morgan fingerprint density at radius 1 is 0.951 bits per heavy atom.